The molecule has 0 aromatic carbocycles. The zero-order valence-electron chi connectivity index (χ0n) is 12.6. The zero-order chi connectivity index (χ0) is 16.7. The number of aromatic nitrogens is 4. The zero-order valence-corrected chi connectivity index (χ0v) is 12.6. The number of rotatable bonds is 3. The largest absolute Gasteiger partial charge is 0.394 e. The number of nitrogens with zero attached hydrogens (tertiary/aromatic N) is 4. The topological polar surface area (TPSA) is 114 Å². The van der Waals surface area contributed by atoms with Crippen molar-refractivity contribution < 1.29 is 20.1 Å². The first-order valence-electron chi connectivity index (χ1n) is 7.56. The maximum absolute atomic E-state index is 10.2. The van der Waals surface area contributed by atoms with Crippen LogP contribution in [0.4, 0.5) is 0 Å². The van der Waals surface area contributed by atoms with Gasteiger partial charge >= 0.3 is 0 Å². The Hall–Kier alpha value is -2.39. The third kappa shape index (κ3) is 2.28. The minimum atomic E-state index is -1.16. The number of hydrogen-bond donors (Lipinski definition) is 3. The van der Waals surface area contributed by atoms with Crippen LogP contribution in [0.15, 0.2) is 43.0 Å². The van der Waals surface area contributed by atoms with Gasteiger partial charge in [0.2, 0.25) is 0 Å². The van der Waals surface area contributed by atoms with Gasteiger partial charge in [0.1, 0.15) is 36.0 Å². The van der Waals surface area contributed by atoms with Crippen molar-refractivity contribution in [2.45, 2.75) is 24.5 Å². The summed E-state index contributed by atoms with van der Waals surface area (Å²) in [5.41, 5.74) is 1.94. The lowest BCUT2D eigenvalue weighted by molar-refractivity contribution is -0.0508. The van der Waals surface area contributed by atoms with Gasteiger partial charge in [-0.25, -0.2) is 9.97 Å². The van der Waals surface area contributed by atoms with Crippen molar-refractivity contribution in [2.24, 2.45) is 0 Å². The Morgan fingerprint density at radius 3 is 2.67 bits per heavy atom. The number of pyridine rings is 1. The molecule has 4 rings (SSSR count). The molecule has 0 aliphatic carbocycles. The number of ether oxygens (including phenoxy) is 1. The third-order valence-electron chi connectivity index (χ3n) is 4.21. The van der Waals surface area contributed by atoms with Crippen molar-refractivity contribution in [1.29, 1.82) is 0 Å². The van der Waals surface area contributed by atoms with Crippen LogP contribution in [-0.2, 0) is 4.74 Å². The molecule has 0 radical (unpaired) electrons. The molecule has 4 heterocycles. The molecule has 0 saturated carbocycles. The minimum absolute atomic E-state index is 0.373. The molecule has 1 unspecified atom stereocenters. The number of aliphatic hydroxyl groups excluding tert-OH is 3. The number of fused-ring (bicyclic) bond motifs is 1. The predicted octanol–water partition coefficient (Wildman–Crippen LogP) is 0.105. The van der Waals surface area contributed by atoms with Crippen LogP contribution in [0.3, 0.4) is 0 Å². The lowest BCUT2D eigenvalue weighted by Crippen LogP contribution is -2.33. The van der Waals surface area contributed by atoms with Gasteiger partial charge in [0.25, 0.3) is 0 Å². The summed E-state index contributed by atoms with van der Waals surface area (Å²) in [4.78, 5) is 12.9. The monoisotopic (exact) mass is 328 g/mol. The summed E-state index contributed by atoms with van der Waals surface area (Å²) in [6.07, 6.45) is 0.837. The fourth-order valence-electron chi connectivity index (χ4n) is 2.99. The molecule has 3 aromatic rings. The summed E-state index contributed by atoms with van der Waals surface area (Å²) in [6, 6.07) is 7.37. The standard InChI is InChI=1S/C16H16N4O4/c21-7-11-13(22)14(23)16(24-11)20-6-4-9-12(18-8-19-15(9)20)10-3-1-2-5-17-10/h1-6,8,11,13-14,16,21-23H,7H2/t11-,13-,14?,16-/m1/s1. The summed E-state index contributed by atoms with van der Waals surface area (Å²) in [7, 11) is 0. The van der Waals surface area contributed by atoms with Gasteiger partial charge in [-0.3, -0.25) is 4.98 Å². The molecule has 124 valence electrons. The summed E-state index contributed by atoms with van der Waals surface area (Å²) >= 11 is 0. The van der Waals surface area contributed by atoms with Gasteiger partial charge in [-0.2, -0.15) is 0 Å². The van der Waals surface area contributed by atoms with E-state index in [1.807, 2.05) is 24.3 Å². The first kappa shape index (κ1) is 15.2. The fraction of sp³-hybridized carbons (Fsp3) is 0.312. The van der Waals surface area contributed by atoms with Crippen molar-refractivity contribution in [2.75, 3.05) is 6.61 Å². The first-order chi connectivity index (χ1) is 11.7. The van der Waals surface area contributed by atoms with Gasteiger partial charge in [0, 0.05) is 17.8 Å². The van der Waals surface area contributed by atoms with Crippen molar-refractivity contribution in [3.05, 3.63) is 43.0 Å². The van der Waals surface area contributed by atoms with Crippen LogP contribution in [0.5, 0.6) is 0 Å². The van der Waals surface area contributed by atoms with E-state index in [9.17, 15) is 15.3 Å². The third-order valence-corrected chi connectivity index (χ3v) is 4.21. The molecule has 1 aliphatic heterocycles. The smallest absolute Gasteiger partial charge is 0.164 e. The van der Waals surface area contributed by atoms with Gasteiger partial charge < -0.3 is 24.6 Å². The summed E-state index contributed by atoms with van der Waals surface area (Å²) in [5.74, 6) is 0. The number of hydrogen-bond acceptors (Lipinski definition) is 7. The molecule has 8 heteroatoms. The van der Waals surface area contributed by atoms with Crippen LogP contribution < -0.4 is 0 Å². The average Bonchev–Trinajstić information content (AvgIpc) is 3.17. The SMILES string of the molecule is OC[C@H]1O[C@@H](n2ccc3c(-c4ccccn4)ncnc32)C(O)[C@@H]1O. The molecular formula is C16H16N4O4. The van der Waals surface area contributed by atoms with Crippen LogP contribution >= 0.6 is 0 Å². The summed E-state index contributed by atoms with van der Waals surface area (Å²) < 4.78 is 7.20. The van der Waals surface area contributed by atoms with Crippen LogP contribution in [0.1, 0.15) is 6.23 Å². The van der Waals surface area contributed by atoms with Crippen LogP contribution in [0.25, 0.3) is 22.4 Å². The van der Waals surface area contributed by atoms with E-state index in [0.717, 1.165) is 5.39 Å². The van der Waals surface area contributed by atoms with Gasteiger partial charge in [-0.05, 0) is 18.2 Å². The molecule has 4 atom stereocenters. The van der Waals surface area contributed by atoms with E-state index in [4.69, 9.17) is 4.74 Å². The Bertz CT molecular complexity index is 854. The van der Waals surface area contributed by atoms with Gasteiger partial charge in [-0.15, -0.1) is 0 Å². The molecule has 1 fully saturated rings. The lowest BCUT2D eigenvalue weighted by Gasteiger charge is -2.17. The summed E-state index contributed by atoms with van der Waals surface area (Å²) in [5, 5.41) is 30.1. The highest BCUT2D eigenvalue weighted by Gasteiger charge is 2.43. The molecule has 3 N–H and O–H groups in total. The van der Waals surface area contributed by atoms with E-state index in [2.05, 4.69) is 15.0 Å². The fourth-order valence-corrected chi connectivity index (χ4v) is 2.99. The number of aliphatic hydroxyl groups is 3. The maximum Gasteiger partial charge on any atom is 0.164 e. The van der Waals surface area contributed by atoms with E-state index in [-0.39, 0.29) is 6.61 Å². The Labute approximate surface area is 137 Å². The normalized spacial score (nSPS) is 27.0. The van der Waals surface area contributed by atoms with Crippen LogP contribution in [0.2, 0.25) is 0 Å². The molecule has 1 saturated heterocycles. The average molecular weight is 328 g/mol. The van der Waals surface area contributed by atoms with Crippen molar-refractivity contribution in [3.63, 3.8) is 0 Å². The van der Waals surface area contributed by atoms with Crippen molar-refractivity contribution in [3.8, 4) is 11.4 Å². The second kappa shape index (κ2) is 5.91. The molecule has 1 aliphatic rings. The second-order valence-electron chi connectivity index (χ2n) is 5.63. The Morgan fingerprint density at radius 2 is 1.96 bits per heavy atom. The van der Waals surface area contributed by atoms with Crippen LogP contribution in [0, 0.1) is 0 Å². The molecular weight excluding hydrogens is 312 g/mol. The lowest BCUT2D eigenvalue weighted by atomic mass is 10.1. The molecule has 0 bridgehead atoms. The van der Waals surface area contributed by atoms with E-state index in [1.165, 1.54) is 6.33 Å². The van der Waals surface area contributed by atoms with Gasteiger partial charge in [0.15, 0.2) is 6.23 Å². The molecule has 8 nitrogen and oxygen atoms in total. The van der Waals surface area contributed by atoms with E-state index in [0.29, 0.717) is 17.0 Å². The highest BCUT2D eigenvalue weighted by Crippen LogP contribution is 2.33. The Kier molecular flexibility index (Phi) is 3.73. The van der Waals surface area contributed by atoms with E-state index < -0.39 is 24.5 Å². The molecule has 3 aromatic heterocycles. The predicted molar refractivity (Wildman–Crippen MR) is 83.8 cm³/mol. The van der Waals surface area contributed by atoms with Gasteiger partial charge in [0.05, 0.1) is 12.3 Å². The van der Waals surface area contributed by atoms with Crippen molar-refractivity contribution >= 4 is 11.0 Å². The second-order valence-corrected chi connectivity index (χ2v) is 5.63. The van der Waals surface area contributed by atoms with E-state index in [1.54, 1.807) is 17.0 Å². The summed E-state index contributed by atoms with van der Waals surface area (Å²) in [6.45, 7) is -0.373. The maximum atomic E-state index is 10.2. The Balaban J connectivity index is 1.80. The quantitative estimate of drug-likeness (QED) is 0.625. The minimum Gasteiger partial charge on any atom is -0.394 e. The first-order valence-corrected chi connectivity index (χ1v) is 7.56. The Morgan fingerprint density at radius 1 is 1.08 bits per heavy atom. The van der Waals surface area contributed by atoms with E-state index >= 15 is 0 Å². The van der Waals surface area contributed by atoms with Crippen LogP contribution in [-0.4, -0.2) is 59.8 Å². The van der Waals surface area contributed by atoms with Crippen molar-refractivity contribution in [1.82, 2.24) is 19.5 Å². The molecule has 24 heavy (non-hydrogen) atoms. The molecule has 0 spiro atoms. The highest BCUT2D eigenvalue weighted by molar-refractivity contribution is 5.89. The molecule has 0 amide bonds. The van der Waals surface area contributed by atoms with Gasteiger partial charge in [-0.1, -0.05) is 6.07 Å². The highest BCUT2D eigenvalue weighted by atomic mass is 16.6.